The van der Waals surface area contributed by atoms with Crippen LogP contribution in [0.25, 0.3) is 0 Å². The Hall–Kier alpha value is -0.960. The molecule has 0 unspecified atom stereocenters. The van der Waals surface area contributed by atoms with Gasteiger partial charge in [0.25, 0.3) is 10.2 Å². The van der Waals surface area contributed by atoms with Gasteiger partial charge in [0.1, 0.15) is 5.82 Å². The molecule has 1 aromatic rings. The van der Waals surface area contributed by atoms with Crippen molar-refractivity contribution in [2.75, 3.05) is 39.3 Å². The van der Waals surface area contributed by atoms with Crippen LogP contribution in [0.15, 0.2) is 6.20 Å². The third-order valence-corrected chi connectivity index (χ3v) is 6.43. The van der Waals surface area contributed by atoms with Crippen molar-refractivity contribution < 1.29 is 8.42 Å². The van der Waals surface area contributed by atoms with E-state index in [0.717, 1.165) is 50.4 Å². The number of H-pyrrole nitrogens is 1. The maximum atomic E-state index is 12.6. The van der Waals surface area contributed by atoms with E-state index < -0.39 is 10.2 Å². The van der Waals surface area contributed by atoms with Crippen LogP contribution in [0.5, 0.6) is 0 Å². The summed E-state index contributed by atoms with van der Waals surface area (Å²) in [5.74, 6) is 0.952. The van der Waals surface area contributed by atoms with Crippen LogP contribution >= 0.6 is 0 Å². The molecule has 0 spiro atoms. The van der Waals surface area contributed by atoms with Gasteiger partial charge >= 0.3 is 0 Å². The first-order chi connectivity index (χ1) is 10.6. The molecule has 2 aliphatic heterocycles. The molecule has 0 amide bonds. The normalized spacial score (nSPS) is 23.0. The highest BCUT2D eigenvalue weighted by atomic mass is 32.2. The maximum Gasteiger partial charge on any atom is 0.282 e. The summed E-state index contributed by atoms with van der Waals surface area (Å²) in [5.41, 5.74) is 1.06. The third-order valence-electron chi connectivity index (χ3n) is 4.39. The molecule has 2 fully saturated rings. The van der Waals surface area contributed by atoms with Crippen molar-refractivity contribution in [1.29, 1.82) is 0 Å². The van der Waals surface area contributed by atoms with E-state index in [-0.39, 0.29) is 0 Å². The van der Waals surface area contributed by atoms with Gasteiger partial charge in [-0.3, -0.25) is 4.90 Å². The predicted molar refractivity (Wildman–Crippen MR) is 84.5 cm³/mol. The van der Waals surface area contributed by atoms with Crippen LogP contribution < -0.4 is 0 Å². The van der Waals surface area contributed by atoms with E-state index in [4.69, 9.17) is 0 Å². The van der Waals surface area contributed by atoms with Gasteiger partial charge < -0.3 is 4.98 Å². The largest absolute Gasteiger partial charge is 0.345 e. The van der Waals surface area contributed by atoms with Crippen molar-refractivity contribution in [3.8, 4) is 0 Å². The molecule has 8 heteroatoms. The molecule has 0 saturated carbocycles. The van der Waals surface area contributed by atoms with Crippen molar-refractivity contribution in [2.24, 2.45) is 0 Å². The molecule has 2 saturated heterocycles. The van der Waals surface area contributed by atoms with Crippen LogP contribution in [0.2, 0.25) is 0 Å². The summed E-state index contributed by atoms with van der Waals surface area (Å²) in [6.45, 7) is 6.95. The average molecular weight is 327 g/mol. The molecule has 7 nitrogen and oxygen atoms in total. The smallest absolute Gasteiger partial charge is 0.282 e. The van der Waals surface area contributed by atoms with Gasteiger partial charge in [-0.15, -0.1) is 0 Å². The highest BCUT2D eigenvalue weighted by Crippen LogP contribution is 2.18. The Morgan fingerprint density at radius 1 is 1.05 bits per heavy atom. The lowest BCUT2D eigenvalue weighted by Gasteiger charge is -2.26. The summed E-state index contributed by atoms with van der Waals surface area (Å²) in [7, 11) is -3.26. The fourth-order valence-corrected chi connectivity index (χ4v) is 4.90. The Morgan fingerprint density at radius 2 is 1.73 bits per heavy atom. The molecule has 124 valence electrons. The number of imidazole rings is 1. The fraction of sp³-hybridized carbons (Fsp3) is 0.786. The number of aromatic amines is 1. The lowest BCUT2D eigenvalue weighted by molar-refractivity contribution is 0.271. The zero-order chi connectivity index (χ0) is 15.6. The van der Waals surface area contributed by atoms with Gasteiger partial charge in [0.05, 0.1) is 6.54 Å². The number of rotatable bonds is 4. The molecule has 0 aliphatic carbocycles. The molecule has 22 heavy (non-hydrogen) atoms. The molecular formula is C14H25N5O2S. The average Bonchev–Trinajstić information content (AvgIpc) is 3.08. The first kappa shape index (κ1) is 15.9. The maximum absolute atomic E-state index is 12.6. The van der Waals surface area contributed by atoms with E-state index in [2.05, 4.69) is 14.9 Å². The van der Waals surface area contributed by atoms with Crippen molar-refractivity contribution in [1.82, 2.24) is 23.5 Å². The topological polar surface area (TPSA) is 72.5 Å². The number of nitrogens with one attached hydrogen (secondary N) is 1. The SMILES string of the molecule is Cc1cnc(CN2CCCN(S(=O)(=O)N3CCCC3)CC2)[nH]1. The predicted octanol–water partition coefficient (Wildman–Crippen LogP) is 0.566. The molecule has 1 aromatic heterocycles. The molecule has 3 rings (SSSR count). The van der Waals surface area contributed by atoms with E-state index in [0.29, 0.717) is 26.2 Å². The molecule has 0 bridgehead atoms. The number of hydrogen-bond acceptors (Lipinski definition) is 4. The van der Waals surface area contributed by atoms with Gasteiger partial charge in [0.15, 0.2) is 0 Å². The first-order valence-corrected chi connectivity index (χ1v) is 9.43. The fourth-order valence-electron chi connectivity index (χ4n) is 3.18. The minimum atomic E-state index is -3.26. The molecule has 0 atom stereocenters. The standard InChI is InChI=1S/C14H25N5O2S/c1-13-11-15-14(16-13)12-17-5-4-8-19(10-9-17)22(20,21)18-6-2-3-7-18/h11H,2-10,12H2,1H3,(H,15,16). The van der Waals surface area contributed by atoms with Crippen LogP contribution in [0, 0.1) is 6.92 Å². The second-order valence-corrected chi connectivity index (χ2v) is 8.08. The first-order valence-electron chi connectivity index (χ1n) is 8.04. The van der Waals surface area contributed by atoms with Crippen molar-refractivity contribution in [3.05, 3.63) is 17.7 Å². The van der Waals surface area contributed by atoms with Crippen LogP contribution in [0.4, 0.5) is 0 Å². The lowest BCUT2D eigenvalue weighted by atomic mass is 10.4. The van der Waals surface area contributed by atoms with Gasteiger partial charge in [-0.25, -0.2) is 4.98 Å². The minimum Gasteiger partial charge on any atom is -0.345 e. The monoisotopic (exact) mass is 327 g/mol. The molecule has 0 aromatic carbocycles. The zero-order valence-electron chi connectivity index (χ0n) is 13.2. The summed E-state index contributed by atoms with van der Waals surface area (Å²) < 4.78 is 28.5. The number of aromatic nitrogens is 2. The van der Waals surface area contributed by atoms with Crippen LogP contribution in [-0.2, 0) is 16.8 Å². The Labute approximate surface area is 132 Å². The van der Waals surface area contributed by atoms with E-state index in [9.17, 15) is 8.42 Å². The third kappa shape index (κ3) is 3.51. The van der Waals surface area contributed by atoms with Crippen LogP contribution in [-0.4, -0.2) is 71.2 Å². The van der Waals surface area contributed by atoms with Crippen LogP contribution in [0.3, 0.4) is 0 Å². The number of hydrogen-bond donors (Lipinski definition) is 1. The quantitative estimate of drug-likeness (QED) is 0.877. The highest BCUT2D eigenvalue weighted by Gasteiger charge is 2.32. The van der Waals surface area contributed by atoms with E-state index in [1.54, 1.807) is 8.61 Å². The summed E-state index contributed by atoms with van der Waals surface area (Å²) in [6, 6.07) is 0. The number of aryl methyl sites for hydroxylation is 1. The summed E-state index contributed by atoms with van der Waals surface area (Å²) in [4.78, 5) is 9.85. The zero-order valence-corrected chi connectivity index (χ0v) is 14.0. The Bertz CT molecular complexity index is 594. The lowest BCUT2D eigenvalue weighted by Crippen LogP contribution is -2.44. The molecule has 2 aliphatic rings. The second-order valence-electron chi connectivity index (χ2n) is 6.16. The van der Waals surface area contributed by atoms with E-state index >= 15 is 0 Å². The molecule has 1 N–H and O–H groups in total. The van der Waals surface area contributed by atoms with Gasteiger partial charge in [-0.2, -0.15) is 17.0 Å². The summed E-state index contributed by atoms with van der Waals surface area (Å²) in [6.07, 6.45) is 4.66. The Kier molecular flexibility index (Phi) is 4.82. The molecule has 0 radical (unpaired) electrons. The number of nitrogens with zero attached hydrogens (tertiary/aromatic N) is 4. The van der Waals surface area contributed by atoms with Crippen LogP contribution in [0.1, 0.15) is 30.8 Å². The van der Waals surface area contributed by atoms with E-state index in [1.807, 2.05) is 13.1 Å². The molecule has 3 heterocycles. The van der Waals surface area contributed by atoms with Crippen molar-refractivity contribution in [2.45, 2.75) is 32.7 Å². The molecular weight excluding hydrogens is 302 g/mol. The minimum absolute atomic E-state index is 0.568. The van der Waals surface area contributed by atoms with Gasteiger partial charge in [0, 0.05) is 44.6 Å². The Balaban J connectivity index is 1.59. The van der Waals surface area contributed by atoms with Gasteiger partial charge in [-0.05, 0) is 32.7 Å². The van der Waals surface area contributed by atoms with Crippen molar-refractivity contribution in [3.63, 3.8) is 0 Å². The van der Waals surface area contributed by atoms with Gasteiger partial charge in [0.2, 0.25) is 0 Å². The summed E-state index contributed by atoms with van der Waals surface area (Å²) in [5, 5.41) is 0. The summed E-state index contributed by atoms with van der Waals surface area (Å²) >= 11 is 0. The van der Waals surface area contributed by atoms with Gasteiger partial charge in [-0.1, -0.05) is 0 Å². The Morgan fingerprint density at radius 3 is 2.41 bits per heavy atom. The highest BCUT2D eigenvalue weighted by molar-refractivity contribution is 7.86. The van der Waals surface area contributed by atoms with Crippen molar-refractivity contribution >= 4 is 10.2 Å². The van der Waals surface area contributed by atoms with E-state index in [1.165, 1.54) is 0 Å². The second kappa shape index (κ2) is 6.66.